The normalized spacial score (nSPS) is 25.0. The Morgan fingerprint density at radius 2 is 1.91 bits per heavy atom. The Bertz CT molecular complexity index is 1000. The quantitative estimate of drug-likeness (QED) is 0.690. The number of aliphatic imine (C=N–C) groups is 1. The van der Waals surface area contributed by atoms with Crippen molar-refractivity contribution >= 4 is 28.5 Å². The average molecular weight is 317 g/mol. The third-order valence-electron chi connectivity index (χ3n) is 4.54. The lowest BCUT2D eigenvalue weighted by molar-refractivity contribution is 0.198. The van der Waals surface area contributed by atoms with Gasteiger partial charge in [0.2, 0.25) is 0 Å². The van der Waals surface area contributed by atoms with Crippen LogP contribution in [0, 0.1) is 0 Å². The van der Waals surface area contributed by atoms with Gasteiger partial charge in [-0.2, -0.15) is 0 Å². The van der Waals surface area contributed by atoms with Crippen LogP contribution < -0.4 is 4.74 Å². The van der Waals surface area contributed by atoms with Crippen molar-refractivity contribution in [2.75, 3.05) is 0 Å². The first-order chi connectivity index (χ1) is 11.3. The topological polar surface area (TPSA) is 38.7 Å². The highest BCUT2D eigenvalue weighted by molar-refractivity contribution is 7.67. The summed E-state index contributed by atoms with van der Waals surface area (Å²) in [4.78, 5) is 4.69. The number of fused-ring (bicyclic) bond motifs is 3. The number of allylic oxidation sites excluding steroid dienone is 4. The number of ether oxygens (including phenoxy) is 1. The van der Waals surface area contributed by atoms with E-state index >= 15 is 0 Å². The van der Waals surface area contributed by atoms with Crippen molar-refractivity contribution in [3.63, 3.8) is 0 Å². The molecule has 2 heterocycles. The van der Waals surface area contributed by atoms with Gasteiger partial charge in [0.05, 0.1) is 5.56 Å². The second-order valence-corrected chi connectivity index (χ2v) is 6.28. The van der Waals surface area contributed by atoms with E-state index in [0.717, 1.165) is 33.6 Å². The lowest BCUT2D eigenvalue weighted by Crippen LogP contribution is -2.41. The number of hydrogen-bond donors (Lipinski definition) is 0. The molecule has 4 aliphatic rings. The molecule has 2 aliphatic carbocycles. The molecule has 1 aromatic rings. The van der Waals surface area contributed by atoms with Crippen LogP contribution in [0.3, 0.4) is 0 Å². The Labute approximate surface area is 136 Å². The fraction of sp³-hybridized carbons (Fsp3) is 0.0526. The molecule has 1 atom stereocenters. The number of hydrogen-bond acceptors (Lipinski definition) is 2. The van der Waals surface area contributed by atoms with Crippen LogP contribution in [0.4, 0.5) is 0 Å². The van der Waals surface area contributed by atoms with Gasteiger partial charge < -0.3 is 4.74 Å². The van der Waals surface area contributed by atoms with Crippen molar-refractivity contribution in [2.24, 2.45) is 4.99 Å². The van der Waals surface area contributed by atoms with Crippen molar-refractivity contribution in [3.8, 4) is 5.75 Å². The molecular formula is C19H11NO2S. The molecule has 0 N–H and O–H groups in total. The smallest absolute Gasteiger partial charge is 0.178 e. The average Bonchev–Trinajstić information content (AvgIpc) is 3.02. The monoisotopic (exact) mass is 317 g/mol. The fourth-order valence-corrected chi connectivity index (χ4v) is 3.84. The first kappa shape index (κ1) is 12.8. The van der Waals surface area contributed by atoms with E-state index in [1.54, 1.807) is 6.21 Å². The fourth-order valence-electron chi connectivity index (χ4n) is 3.45. The van der Waals surface area contributed by atoms with Crippen molar-refractivity contribution in [3.05, 3.63) is 82.5 Å². The zero-order valence-corrected chi connectivity index (χ0v) is 12.8. The molecule has 3 nitrogen and oxygen atoms in total. The van der Waals surface area contributed by atoms with E-state index in [2.05, 4.69) is 35.4 Å². The van der Waals surface area contributed by atoms with Gasteiger partial charge in [-0.25, -0.2) is 9.20 Å². The first-order valence-corrected chi connectivity index (χ1v) is 8.10. The highest BCUT2D eigenvalue weighted by Crippen LogP contribution is 2.47. The minimum absolute atomic E-state index is 0.412. The van der Waals surface area contributed by atoms with E-state index in [9.17, 15) is 4.21 Å². The van der Waals surface area contributed by atoms with Gasteiger partial charge in [-0.15, -0.1) is 0 Å². The molecule has 1 aromatic carbocycles. The molecule has 110 valence electrons. The van der Waals surface area contributed by atoms with Gasteiger partial charge in [-0.05, 0) is 12.2 Å². The molecular weight excluding hydrogens is 306 g/mol. The highest BCUT2D eigenvalue weighted by atomic mass is 32.1. The molecule has 0 radical (unpaired) electrons. The predicted octanol–water partition coefficient (Wildman–Crippen LogP) is 2.95. The van der Waals surface area contributed by atoms with Crippen molar-refractivity contribution < 1.29 is 8.95 Å². The summed E-state index contributed by atoms with van der Waals surface area (Å²) in [6, 6.07) is 4.01. The number of nitrogens with zero attached hydrogens (tertiary/aromatic N) is 1. The maximum atomic E-state index is 11.4. The molecule has 0 saturated carbocycles. The van der Waals surface area contributed by atoms with Crippen LogP contribution in [0.5, 0.6) is 5.75 Å². The summed E-state index contributed by atoms with van der Waals surface area (Å²) in [6.45, 7) is 0. The lowest BCUT2D eigenvalue weighted by Gasteiger charge is -2.40. The van der Waals surface area contributed by atoms with E-state index in [0.29, 0.717) is 16.2 Å². The van der Waals surface area contributed by atoms with Crippen molar-refractivity contribution in [1.82, 2.24) is 0 Å². The molecule has 23 heavy (non-hydrogen) atoms. The van der Waals surface area contributed by atoms with Gasteiger partial charge in [-0.3, -0.25) is 0 Å². The van der Waals surface area contributed by atoms with Crippen LogP contribution in [0.15, 0.2) is 70.8 Å². The molecule has 1 unspecified atom stereocenters. The van der Waals surface area contributed by atoms with E-state index in [1.165, 1.54) is 0 Å². The summed E-state index contributed by atoms with van der Waals surface area (Å²) >= 11 is 0.412. The van der Waals surface area contributed by atoms with Gasteiger partial charge in [0.1, 0.15) is 17.0 Å². The van der Waals surface area contributed by atoms with Gasteiger partial charge >= 0.3 is 0 Å². The molecule has 0 aromatic heterocycles. The molecule has 0 amide bonds. The summed E-state index contributed by atoms with van der Waals surface area (Å²) in [5.41, 5.74) is 4.31. The summed E-state index contributed by atoms with van der Waals surface area (Å²) < 4.78 is 17.9. The molecule has 0 fully saturated rings. The van der Waals surface area contributed by atoms with E-state index in [4.69, 9.17) is 4.74 Å². The number of rotatable bonds is 0. The first-order valence-electron chi connectivity index (χ1n) is 7.36. The van der Waals surface area contributed by atoms with Crippen LogP contribution in [0.1, 0.15) is 16.7 Å². The summed E-state index contributed by atoms with van der Waals surface area (Å²) in [6.07, 6.45) is 18.2. The minimum atomic E-state index is -0.604. The summed E-state index contributed by atoms with van der Waals surface area (Å²) in [5.74, 6) is 0.739. The summed E-state index contributed by atoms with van der Waals surface area (Å²) in [5, 5.41) is 0. The number of benzene rings is 1. The SMILES string of the molecule is O=S=C1N=Cc2ccc3c(c21)OC12C=CC=CC1=CC=CC2=C3. The van der Waals surface area contributed by atoms with Gasteiger partial charge in [0.15, 0.2) is 10.6 Å². The van der Waals surface area contributed by atoms with Gasteiger partial charge in [0.25, 0.3) is 0 Å². The Kier molecular flexibility index (Phi) is 2.44. The van der Waals surface area contributed by atoms with E-state index in [1.807, 2.05) is 30.4 Å². The maximum absolute atomic E-state index is 11.4. The molecule has 1 spiro atoms. The summed E-state index contributed by atoms with van der Waals surface area (Å²) in [7, 11) is 0. The predicted molar refractivity (Wildman–Crippen MR) is 93.1 cm³/mol. The van der Waals surface area contributed by atoms with Gasteiger partial charge in [0, 0.05) is 28.5 Å². The van der Waals surface area contributed by atoms with Crippen molar-refractivity contribution in [1.29, 1.82) is 0 Å². The highest BCUT2D eigenvalue weighted by Gasteiger charge is 2.42. The molecule has 4 heteroatoms. The lowest BCUT2D eigenvalue weighted by atomic mass is 9.77. The third kappa shape index (κ3) is 1.58. The zero-order chi connectivity index (χ0) is 15.4. The Balaban J connectivity index is 1.80. The third-order valence-corrected chi connectivity index (χ3v) is 5.00. The Hall–Kier alpha value is -2.72. The molecule has 0 saturated heterocycles. The van der Waals surface area contributed by atoms with Crippen molar-refractivity contribution in [2.45, 2.75) is 5.60 Å². The molecule has 5 rings (SSSR count). The van der Waals surface area contributed by atoms with E-state index < -0.39 is 5.60 Å². The zero-order valence-electron chi connectivity index (χ0n) is 12.0. The standard InChI is InChI=1S/C19H11NO2S/c21-23-18-16-13(11-20-18)8-7-12-10-15-6-3-5-14-4-1-2-9-19(14,15)22-17(12)16/h1-11H. The van der Waals surface area contributed by atoms with Crippen LogP contribution in [0.2, 0.25) is 0 Å². The van der Waals surface area contributed by atoms with Gasteiger partial charge in [-0.1, -0.05) is 48.6 Å². The largest absolute Gasteiger partial charge is 0.472 e. The Morgan fingerprint density at radius 1 is 1.04 bits per heavy atom. The molecule has 2 aliphatic heterocycles. The minimum Gasteiger partial charge on any atom is -0.472 e. The van der Waals surface area contributed by atoms with Crippen LogP contribution >= 0.6 is 0 Å². The van der Waals surface area contributed by atoms with Crippen LogP contribution in [-0.4, -0.2) is 21.0 Å². The van der Waals surface area contributed by atoms with Crippen LogP contribution in [-0.2, 0) is 11.3 Å². The maximum Gasteiger partial charge on any atom is 0.178 e. The van der Waals surface area contributed by atoms with Crippen LogP contribution in [0.25, 0.3) is 6.08 Å². The van der Waals surface area contributed by atoms with E-state index in [-0.39, 0.29) is 0 Å². The Morgan fingerprint density at radius 3 is 2.83 bits per heavy atom. The second kappa shape index (κ2) is 4.40. The molecule has 0 bridgehead atoms. The second-order valence-electron chi connectivity index (χ2n) is 5.73.